The third kappa shape index (κ3) is 5.08. The number of aromatic amines is 1. The number of carbonyl (C=O) groups is 1. The summed E-state index contributed by atoms with van der Waals surface area (Å²) in [4.78, 5) is 15.4. The zero-order valence-corrected chi connectivity index (χ0v) is 19.4. The summed E-state index contributed by atoms with van der Waals surface area (Å²) >= 11 is 0. The van der Waals surface area contributed by atoms with Gasteiger partial charge in [-0.25, -0.2) is 17.6 Å². The van der Waals surface area contributed by atoms with E-state index in [1.165, 1.54) is 22.5 Å². The summed E-state index contributed by atoms with van der Waals surface area (Å²) in [5.41, 5.74) is 4.07. The first-order chi connectivity index (χ1) is 15.1. The minimum Gasteiger partial charge on any atom is -0.462 e. The standard InChI is InChI=1S/C24H27FN2O4S/c1-5-31-24(28)23-17(3)22(26-18(23)4)15-27(14-19-11-9-16(2)10-12-19)32(29,30)21-8-6-7-20(25)13-21/h6-13,26H,5,14-15H2,1-4H3. The number of nitrogens with one attached hydrogen (secondary N) is 1. The summed E-state index contributed by atoms with van der Waals surface area (Å²) in [6.07, 6.45) is 0. The summed E-state index contributed by atoms with van der Waals surface area (Å²) in [7, 11) is -4.02. The highest BCUT2D eigenvalue weighted by atomic mass is 32.2. The molecule has 1 aromatic heterocycles. The highest BCUT2D eigenvalue weighted by Crippen LogP contribution is 2.25. The van der Waals surface area contributed by atoms with Crippen LogP contribution in [0.1, 0.15) is 45.4 Å². The number of aryl methyl sites for hydroxylation is 2. The van der Waals surface area contributed by atoms with Crippen molar-refractivity contribution in [1.82, 2.24) is 9.29 Å². The minimum atomic E-state index is -4.02. The Balaban J connectivity index is 2.03. The maximum atomic E-state index is 13.8. The predicted octanol–water partition coefficient (Wildman–Crippen LogP) is 4.65. The van der Waals surface area contributed by atoms with E-state index < -0.39 is 21.8 Å². The number of sulfonamides is 1. The van der Waals surface area contributed by atoms with Crippen molar-refractivity contribution in [2.24, 2.45) is 0 Å². The Labute approximate surface area is 188 Å². The Bertz CT molecular complexity index is 1220. The summed E-state index contributed by atoms with van der Waals surface area (Å²) in [5.74, 6) is -1.08. The van der Waals surface area contributed by atoms with Crippen LogP contribution < -0.4 is 0 Å². The van der Waals surface area contributed by atoms with Crippen molar-refractivity contribution in [3.63, 3.8) is 0 Å². The van der Waals surface area contributed by atoms with Crippen LogP contribution in [0.3, 0.4) is 0 Å². The highest BCUT2D eigenvalue weighted by Gasteiger charge is 2.28. The van der Waals surface area contributed by atoms with E-state index in [0.29, 0.717) is 22.5 Å². The smallest absolute Gasteiger partial charge is 0.340 e. The lowest BCUT2D eigenvalue weighted by molar-refractivity contribution is 0.0525. The second-order valence-corrected chi connectivity index (χ2v) is 9.60. The van der Waals surface area contributed by atoms with Crippen LogP contribution in [0, 0.1) is 26.6 Å². The van der Waals surface area contributed by atoms with Crippen LogP contribution in [-0.2, 0) is 27.8 Å². The average Bonchev–Trinajstić information content (AvgIpc) is 3.02. The summed E-state index contributed by atoms with van der Waals surface area (Å²) < 4.78 is 47.1. The molecule has 8 heteroatoms. The first-order valence-corrected chi connectivity index (χ1v) is 11.7. The quantitative estimate of drug-likeness (QED) is 0.499. The number of aromatic nitrogens is 1. The van der Waals surface area contributed by atoms with Gasteiger partial charge in [-0.05, 0) is 57.0 Å². The number of benzene rings is 2. The molecule has 0 atom stereocenters. The largest absolute Gasteiger partial charge is 0.462 e. The van der Waals surface area contributed by atoms with Gasteiger partial charge >= 0.3 is 5.97 Å². The molecule has 1 heterocycles. The maximum absolute atomic E-state index is 13.8. The number of hydrogen-bond donors (Lipinski definition) is 1. The van der Waals surface area contributed by atoms with Crippen molar-refractivity contribution < 1.29 is 22.3 Å². The first-order valence-electron chi connectivity index (χ1n) is 10.3. The number of H-pyrrole nitrogens is 1. The van der Waals surface area contributed by atoms with Crippen LogP contribution in [0.2, 0.25) is 0 Å². The molecule has 1 N–H and O–H groups in total. The van der Waals surface area contributed by atoms with E-state index in [2.05, 4.69) is 4.98 Å². The normalized spacial score (nSPS) is 11.7. The number of halogens is 1. The molecule has 3 rings (SSSR count). The van der Waals surface area contributed by atoms with Gasteiger partial charge in [0.2, 0.25) is 10.0 Å². The van der Waals surface area contributed by atoms with E-state index in [1.54, 1.807) is 20.8 Å². The second-order valence-electron chi connectivity index (χ2n) is 7.67. The molecular weight excluding hydrogens is 431 g/mol. The van der Waals surface area contributed by atoms with Gasteiger partial charge in [-0.15, -0.1) is 0 Å². The zero-order chi connectivity index (χ0) is 23.5. The highest BCUT2D eigenvalue weighted by molar-refractivity contribution is 7.89. The van der Waals surface area contributed by atoms with Gasteiger partial charge in [-0.1, -0.05) is 35.9 Å². The lowest BCUT2D eigenvalue weighted by Gasteiger charge is -2.22. The van der Waals surface area contributed by atoms with Gasteiger partial charge in [-0.2, -0.15) is 4.31 Å². The molecular formula is C24H27FN2O4S. The molecule has 0 saturated heterocycles. The molecule has 170 valence electrons. The Kier molecular flexibility index (Phi) is 7.16. The van der Waals surface area contributed by atoms with E-state index in [0.717, 1.165) is 17.2 Å². The first kappa shape index (κ1) is 23.7. The molecule has 2 aromatic carbocycles. The van der Waals surface area contributed by atoms with Gasteiger partial charge < -0.3 is 9.72 Å². The third-order valence-electron chi connectivity index (χ3n) is 5.27. The van der Waals surface area contributed by atoms with Gasteiger partial charge in [0.15, 0.2) is 0 Å². The van der Waals surface area contributed by atoms with E-state index in [4.69, 9.17) is 4.74 Å². The fourth-order valence-electron chi connectivity index (χ4n) is 3.56. The molecule has 0 aliphatic heterocycles. The van der Waals surface area contributed by atoms with E-state index >= 15 is 0 Å². The summed E-state index contributed by atoms with van der Waals surface area (Å²) in [6.45, 7) is 7.49. The lowest BCUT2D eigenvalue weighted by Crippen LogP contribution is -2.30. The fraction of sp³-hybridized carbons (Fsp3) is 0.292. The third-order valence-corrected chi connectivity index (χ3v) is 7.06. The molecule has 0 fully saturated rings. The van der Waals surface area contributed by atoms with Crippen molar-refractivity contribution in [2.75, 3.05) is 6.61 Å². The molecule has 0 spiro atoms. The predicted molar refractivity (Wildman–Crippen MR) is 120 cm³/mol. The van der Waals surface area contributed by atoms with Crippen LogP contribution in [0.25, 0.3) is 0 Å². The molecule has 0 aliphatic carbocycles. The fourth-order valence-corrected chi connectivity index (χ4v) is 4.99. The molecule has 0 radical (unpaired) electrons. The molecule has 6 nitrogen and oxygen atoms in total. The Hall–Kier alpha value is -2.97. The second kappa shape index (κ2) is 9.67. The van der Waals surface area contributed by atoms with Crippen molar-refractivity contribution in [1.29, 1.82) is 0 Å². The number of hydrogen-bond acceptors (Lipinski definition) is 4. The number of ether oxygens (including phenoxy) is 1. The van der Waals surface area contributed by atoms with E-state index in [9.17, 15) is 17.6 Å². The van der Waals surface area contributed by atoms with Gasteiger partial charge in [0.05, 0.1) is 23.6 Å². The van der Waals surface area contributed by atoms with Crippen molar-refractivity contribution in [2.45, 2.75) is 45.7 Å². The number of nitrogens with zero attached hydrogens (tertiary/aromatic N) is 1. The Morgan fingerprint density at radius 3 is 2.38 bits per heavy atom. The van der Waals surface area contributed by atoms with Crippen LogP contribution in [0.15, 0.2) is 53.4 Å². The molecule has 32 heavy (non-hydrogen) atoms. The van der Waals surface area contributed by atoms with E-state index in [1.807, 2.05) is 31.2 Å². The zero-order valence-electron chi connectivity index (χ0n) is 18.6. The molecule has 3 aromatic rings. The van der Waals surface area contributed by atoms with E-state index in [-0.39, 0.29) is 24.6 Å². The molecule has 0 saturated carbocycles. The lowest BCUT2D eigenvalue weighted by atomic mass is 10.1. The Morgan fingerprint density at radius 1 is 1.06 bits per heavy atom. The molecule has 0 bridgehead atoms. The van der Waals surface area contributed by atoms with Crippen molar-refractivity contribution in [3.8, 4) is 0 Å². The molecule has 0 aliphatic rings. The number of rotatable bonds is 8. The van der Waals surface area contributed by atoms with Gasteiger partial charge in [0.1, 0.15) is 5.82 Å². The average molecular weight is 459 g/mol. The Morgan fingerprint density at radius 2 is 1.75 bits per heavy atom. The van der Waals surface area contributed by atoms with Gasteiger partial charge in [0.25, 0.3) is 0 Å². The SMILES string of the molecule is CCOC(=O)c1c(C)[nH]c(CN(Cc2ccc(C)cc2)S(=O)(=O)c2cccc(F)c2)c1C. The van der Waals surface area contributed by atoms with Gasteiger partial charge in [-0.3, -0.25) is 0 Å². The van der Waals surface area contributed by atoms with Crippen LogP contribution in [-0.4, -0.2) is 30.3 Å². The topological polar surface area (TPSA) is 79.5 Å². The summed E-state index contributed by atoms with van der Waals surface area (Å²) in [6, 6.07) is 12.5. The van der Waals surface area contributed by atoms with Crippen LogP contribution in [0.5, 0.6) is 0 Å². The van der Waals surface area contributed by atoms with Crippen LogP contribution >= 0.6 is 0 Å². The summed E-state index contributed by atoms with van der Waals surface area (Å²) in [5, 5.41) is 0. The monoisotopic (exact) mass is 458 g/mol. The van der Waals surface area contributed by atoms with Crippen molar-refractivity contribution in [3.05, 3.63) is 88.0 Å². The van der Waals surface area contributed by atoms with Crippen LogP contribution in [0.4, 0.5) is 4.39 Å². The van der Waals surface area contributed by atoms with Crippen molar-refractivity contribution >= 4 is 16.0 Å². The van der Waals surface area contributed by atoms with Gasteiger partial charge in [0, 0.05) is 17.9 Å². The molecule has 0 amide bonds. The number of esters is 1. The minimum absolute atomic E-state index is 0.0151. The number of carbonyl (C=O) groups excluding carboxylic acids is 1. The maximum Gasteiger partial charge on any atom is 0.340 e. The molecule has 0 unspecified atom stereocenters.